The number of hydrogen-bond acceptors (Lipinski definition) is 2. The number of rotatable bonds is 4. The zero-order valence-electron chi connectivity index (χ0n) is 12.9. The zero-order valence-corrected chi connectivity index (χ0v) is 12.9. The minimum Gasteiger partial charge on any atom is -0.327 e. The van der Waals surface area contributed by atoms with E-state index in [9.17, 15) is 0 Å². The van der Waals surface area contributed by atoms with Gasteiger partial charge in [0.2, 0.25) is 0 Å². The number of hydrogen-bond donors (Lipinski definition) is 1. The summed E-state index contributed by atoms with van der Waals surface area (Å²) < 4.78 is 1.98. The third-order valence-electron chi connectivity index (χ3n) is 5.14. The molecule has 3 unspecified atom stereocenters. The molecule has 2 N–H and O–H groups in total. The van der Waals surface area contributed by atoms with Gasteiger partial charge in [0, 0.05) is 18.8 Å². The molecule has 0 bridgehead atoms. The second-order valence-electron chi connectivity index (χ2n) is 6.26. The third kappa shape index (κ3) is 3.02. The Balaban J connectivity index is 2.09. The predicted octanol–water partition coefficient (Wildman–Crippen LogP) is 3.12. The maximum Gasteiger partial charge on any atom is 0.0628 e. The van der Waals surface area contributed by atoms with Crippen LogP contribution in [0, 0.1) is 25.7 Å². The first-order valence-corrected chi connectivity index (χ1v) is 7.79. The molecule has 19 heavy (non-hydrogen) atoms. The van der Waals surface area contributed by atoms with Crippen LogP contribution in [0.4, 0.5) is 0 Å². The maximum atomic E-state index is 6.56. The SMILES string of the molecule is CCC1CCCCC1C(N)Cc1c(C)nn(C)c1C. The van der Waals surface area contributed by atoms with E-state index in [0.717, 1.165) is 18.0 Å². The molecule has 1 aliphatic rings. The van der Waals surface area contributed by atoms with Gasteiger partial charge in [-0.15, -0.1) is 0 Å². The van der Waals surface area contributed by atoms with E-state index in [1.807, 2.05) is 11.7 Å². The summed E-state index contributed by atoms with van der Waals surface area (Å²) in [5.41, 5.74) is 10.4. The molecule has 3 heteroatoms. The van der Waals surface area contributed by atoms with E-state index in [0.29, 0.717) is 12.0 Å². The second kappa shape index (κ2) is 6.08. The van der Waals surface area contributed by atoms with E-state index in [1.165, 1.54) is 43.4 Å². The smallest absolute Gasteiger partial charge is 0.0628 e. The van der Waals surface area contributed by atoms with Crippen molar-refractivity contribution in [2.75, 3.05) is 0 Å². The highest BCUT2D eigenvalue weighted by Crippen LogP contribution is 2.35. The van der Waals surface area contributed by atoms with Gasteiger partial charge in [-0.1, -0.05) is 32.6 Å². The monoisotopic (exact) mass is 263 g/mol. The van der Waals surface area contributed by atoms with Crippen molar-refractivity contribution in [2.45, 2.75) is 65.3 Å². The van der Waals surface area contributed by atoms with Crippen LogP contribution in [0.5, 0.6) is 0 Å². The normalized spacial score (nSPS) is 25.5. The molecule has 1 saturated carbocycles. The Morgan fingerprint density at radius 1 is 1.32 bits per heavy atom. The summed E-state index contributed by atoms with van der Waals surface area (Å²) in [6, 6.07) is 0.298. The summed E-state index contributed by atoms with van der Waals surface area (Å²) in [7, 11) is 2.02. The maximum absolute atomic E-state index is 6.56. The average molecular weight is 263 g/mol. The molecule has 1 fully saturated rings. The van der Waals surface area contributed by atoms with Crippen LogP contribution in [0.25, 0.3) is 0 Å². The van der Waals surface area contributed by atoms with Gasteiger partial charge in [-0.2, -0.15) is 5.10 Å². The lowest BCUT2D eigenvalue weighted by molar-refractivity contribution is 0.195. The van der Waals surface area contributed by atoms with Crippen LogP contribution >= 0.6 is 0 Å². The number of nitrogens with two attached hydrogens (primary N) is 1. The van der Waals surface area contributed by atoms with Crippen molar-refractivity contribution in [3.8, 4) is 0 Å². The molecule has 0 radical (unpaired) electrons. The van der Waals surface area contributed by atoms with Crippen LogP contribution in [0.3, 0.4) is 0 Å². The highest BCUT2D eigenvalue weighted by atomic mass is 15.3. The van der Waals surface area contributed by atoms with Crippen molar-refractivity contribution < 1.29 is 0 Å². The first kappa shape index (κ1) is 14.6. The highest BCUT2D eigenvalue weighted by molar-refractivity contribution is 5.25. The van der Waals surface area contributed by atoms with Crippen LogP contribution in [-0.2, 0) is 13.5 Å². The van der Waals surface area contributed by atoms with Gasteiger partial charge in [0.15, 0.2) is 0 Å². The topological polar surface area (TPSA) is 43.8 Å². The van der Waals surface area contributed by atoms with Gasteiger partial charge in [0.05, 0.1) is 5.69 Å². The van der Waals surface area contributed by atoms with Crippen LogP contribution in [0.2, 0.25) is 0 Å². The summed E-state index contributed by atoms with van der Waals surface area (Å²) >= 11 is 0. The first-order chi connectivity index (χ1) is 9.04. The standard InChI is InChI=1S/C16H29N3/c1-5-13-8-6-7-9-14(13)16(17)10-15-11(2)18-19(4)12(15)3/h13-14,16H,5-10,17H2,1-4H3. The van der Waals surface area contributed by atoms with Crippen molar-refractivity contribution >= 4 is 0 Å². The van der Waals surface area contributed by atoms with E-state index in [1.54, 1.807) is 0 Å². The Morgan fingerprint density at radius 2 is 2.00 bits per heavy atom. The van der Waals surface area contributed by atoms with Crippen molar-refractivity contribution in [3.05, 3.63) is 17.0 Å². The minimum atomic E-state index is 0.298. The molecule has 0 amide bonds. The fourth-order valence-corrected chi connectivity index (χ4v) is 3.81. The molecule has 0 saturated heterocycles. The van der Waals surface area contributed by atoms with Gasteiger partial charge in [-0.3, -0.25) is 4.68 Å². The molecule has 1 aliphatic carbocycles. The molecule has 2 rings (SSSR count). The molecular weight excluding hydrogens is 234 g/mol. The number of aromatic nitrogens is 2. The van der Waals surface area contributed by atoms with E-state index in [4.69, 9.17) is 5.73 Å². The van der Waals surface area contributed by atoms with E-state index >= 15 is 0 Å². The highest BCUT2D eigenvalue weighted by Gasteiger charge is 2.29. The molecule has 108 valence electrons. The lowest BCUT2D eigenvalue weighted by atomic mass is 9.73. The molecular formula is C16H29N3. The lowest BCUT2D eigenvalue weighted by Crippen LogP contribution is -2.38. The second-order valence-corrected chi connectivity index (χ2v) is 6.26. The molecule has 0 aliphatic heterocycles. The summed E-state index contributed by atoms with van der Waals surface area (Å²) in [5.74, 6) is 1.54. The number of nitrogens with zero attached hydrogens (tertiary/aromatic N) is 2. The Morgan fingerprint density at radius 3 is 2.58 bits per heavy atom. The zero-order chi connectivity index (χ0) is 14.0. The predicted molar refractivity (Wildman–Crippen MR) is 80.1 cm³/mol. The van der Waals surface area contributed by atoms with Crippen LogP contribution in [0.1, 0.15) is 56.0 Å². The molecule has 3 nitrogen and oxygen atoms in total. The minimum absolute atomic E-state index is 0.298. The fraction of sp³-hybridized carbons (Fsp3) is 0.812. The molecule has 0 spiro atoms. The Bertz CT molecular complexity index is 422. The molecule has 3 atom stereocenters. The van der Waals surface area contributed by atoms with Crippen molar-refractivity contribution in [1.82, 2.24) is 9.78 Å². The summed E-state index contributed by atoms with van der Waals surface area (Å²) in [6.07, 6.45) is 7.72. The summed E-state index contributed by atoms with van der Waals surface area (Å²) in [6.45, 7) is 6.57. The van der Waals surface area contributed by atoms with E-state index < -0.39 is 0 Å². The van der Waals surface area contributed by atoms with Crippen molar-refractivity contribution in [2.24, 2.45) is 24.6 Å². The van der Waals surface area contributed by atoms with E-state index in [2.05, 4.69) is 25.9 Å². The van der Waals surface area contributed by atoms with Crippen LogP contribution in [-0.4, -0.2) is 15.8 Å². The summed E-state index contributed by atoms with van der Waals surface area (Å²) in [4.78, 5) is 0. The summed E-state index contributed by atoms with van der Waals surface area (Å²) in [5, 5.41) is 4.51. The van der Waals surface area contributed by atoms with Gasteiger partial charge in [-0.25, -0.2) is 0 Å². The quantitative estimate of drug-likeness (QED) is 0.907. The molecule has 1 aromatic rings. The van der Waals surface area contributed by atoms with Gasteiger partial charge >= 0.3 is 0 Å². The van der Waals surface area contributed by atoms with Crippen LogP contribution in [0.15, 0.2) is 0 Å². The third-order valence-corrected chi connectivity index (χ3v) is 5.14. The van der Waals surface area contributed by atoms with Gasteiger partial charge in [0.25, 0.3) is 0 Å². The first-order valence-electron chi connectivity index (χ1n) is 7.79. The molecule has 0 aromatic carbocycles. The fourth-order valence-electron chi connectivity index (χ4n) is 3.81. The average Bonchev–Trinajstić information content (AvgIpc) is 2.65. The lowest BCUT2D eigenvalue weighted by Gasteiger charge is -2.35. The Labute approximate surface area is 117 Å². The van der Waals surface area contributed by atoms with E-state index in [-0.39, 0.29) is 0 Å². The Kier molecular flexibility index (Phi) is 4.67. The van der Waals surface area contributed by atoms with Gasteiger partial charge in [0.1, 0.15) is 0 Å². The largest absolute Gasteiger partial charge is 0.327 e. The van der Waals surface area contributed by atoms with Gasteiger partial charge in [-0.05, 0) is 44.1 Å². The molecule has 1 heterocycles. The van der Waals surface area contributed by atoms with Gasteiger partial charge < -0.3 is 5.73 Å². The van der Waals surface area contributed by atoms with Crippen molar-refractivity contribution in [3.63, 3.8) is 0 Å². The molecule has 1 aromatic heterocycles. The Hall–Kier alpha value is -0.830. The van der Waals surface area contributed by atoms with Crippen LogP contribution < -0.4 is 5.73 Å². The van der Waals surface area contributed by atoms with Crippen molar-refractivity contribution in [1.29, 1.82) is 0 Å². The number of aryl methyl sites for hydroxylation is 2.